The van der Waals surface area contributed by atoms with Crippen molar-refractivity contribution in [3.63, 3.8) is 0 Å². The van der Waals surface area contributed by atoms with Gasteiger partial charge in [0.05, 0.1) is 7.11 Å². The molecule has 4 heteroatoms. The van der Waals surface area contributed by atoms with E-state index in [1.54, 1.807) is 6.92 Å². The molecule has 1 saturated carbocycles. The highest BCUT2D eigenvalue weighted by atomic mass is 16.5. The number of hydrogen-bond acceptors (Lipinski definition) is 4. The van der Waals surface area contributed by atoms with Gasteiger partial charge in [0.25, 0.3) is 0 Å². The summed E-state index contributed by atoms with van der Waals surface area (Å²) in [5.41, 5.74) is -0.668. The van der Waals surface area contributed by atoms with Crippen molar-refractivity contribution in [3.8, 4) is 0 Å². The van der Waals surface area contributed by atoms with Crippen molar-refractivity contribution in [1.29, 1.82) is 0 Å². The van der Waals surface area contributed by atoms with Crippen LogP contribution in [0, 0.1) is 0 Å². The summed E-state index contributed by atoms with van der Waals surface area (Å²) in [7, 11) is 1.29. The Bertz CT molecular complexity index is 373. The number of esters is 1. The van der Waals surface area contributed by atoms with Crippen molar-refractivity contribution < 1.29 is 19.1 Å². The van der Waals surface area contributed by atoms with Gasteiger partial charge in [-0.3, -0.25) is 4.79 Å². The fourth-order valence-electron chi connectivity index (χ4n) is 2.75. The highest BCUT2D eigenvalue weighted by molar-refractivity contribution is 6.22. The molecule has 0 bridgehead atoms. The minimum Gasteiger partial charge on any atom is -0.483 e. The molecule has 1 aliphatic carbocycles. The Balaban J connectivity index is 2.26. The van der Waals surface area contributed by atoms with E-state index in [0.717, 1.165) is 25.7 Å². The van der Waals surface area contributed by atoms with Gasteiger partial charge in [0.2, 0.25) is 5.78 Å². The first-order valence-corrected chi connectivity index (χ1v) is 6.14. The zero-order valence-corrected chi connectivity index (χ0v) is 10.4. The number of methoxy groups -OCH3 is 1. The zero-order chi connectivity index (χ0) is 12.5. The van der Waals surface area contributed by atoms with Crippen molar-refractivity contribution in [2.24, 2.45) is 0 Å². The summed E-state index contributed by atoms with van der Waals surface area (Å²) in [6, 6.07) is 0. The zero-order valence-electron chi connectivity index (χ0n) is 10.4. The van der Waals surface area contributed by atoms with Crippen molar-refractivity contribution >= 4 is 11.8 Å². The van der Waals surface area contributed by atoms with E-state index >= 15 is 0 Å². The van der Waals surface area contributed by atoms with E-state index in [-0.39, 0.29) is 11.4 Å². The van der Waals surface area contributed by atoms with E-state index in [1.807, 2.05) is 0 Å². The van der Waals surface area contributed by atoms with Gasteiger partial charge in [-0.2, -0.15) is 0 Å². The molecule has 0 amide bonds. The predicted octanol–water partition coefficient (Wildman–Crippen LogP) is 2.13. The van der Waals surface area contributed by atoms with Crippen LogP contribution in [0.15, 0.2) is 11.3 Å². The average Bonchev–Trinajstić information content (AvgIpc) is 2.48. The van der Waals surface area contributed by atoms with Gasteiger partial charge in [-0.25, -0.2) is 4.79 Å². The second-order valence-corrected chi connectivity index (χ2v) is 4.76. The highest BCUT2D eigenvalue weighted by Crippen LogP contribution is 2.40. The third-order valence-electron chi connectivity index (χ3n) is 3.64. The van der Waals surface area contributed by atoms with Crippen LogP contribution in [-0.2, 0) is 19.1 Å². The van der Waals surface area contributed by atoms with E-state index in [9.17, 15) is 9.59 Å². The first-order chi connectivity index (χ1) is 8.10. The molecule has 0 aromatic carbocycles. The van der Waals surface area contributed by atoms with E-state index in [1.165, 1.54) is 7.11 Å². The number of allylic oxidation sites excluding steroid dienone is 1. The Morgan fingerprint density at radius 3 is 2.35 bits per heavy atom. The second-order valence-electron chi connectivity index (χ2n) is 4.76. The molecule has 4 nitrogen and oxygen atoms in total. The summed E-state index contributed by atoms with van der Waals surface area (Å²) in [6.07, 6.45) is 5.64. The van der Waals surface area contributed by atoms with Crippen LogP contribution in [0.25, 0.3) is 0 Å². The van der Waals surface area contributed by atoms with Gasteiger partial charge < -0.3 is 9.47 Å². The smallest absolute Gasteiger partial charge is 0.345 e. The molecule has 2 aliphatic rings. The van der Waals surface area contributed by atoms with Gasteiger partial charge in [-0.1, -0.05) is 12.8 Å². The summed E-state index contributed by atoms with van der Waals surface area (Å²) < 4.78 is 10.4. The molecule has 1 spiro atoms. The van der Waals surface area contributed by atoms with E-state index < -0.39 is 11.6 Å². The van der Waals surface area contributed by atoms with Crippen molar-refractivity contribution in [2.75, 3.05) is 7.11 Å². The fraction of sp³-hybridized carbons (Fsp3) is 0.692. The monoisotopic (exact) mass is 238 g/mol. The lowest BCUT2D eigenvalue weighted by Crippen LogP contribution is -2.38. The molecule has 0 radical (unpaired) electrons. The van der Waals surface area contributed by atoms with E-state index in [4.69, 9.17) is 4.74 Å². The van der Waals surface area contributed by atoms with Crippen LogP contribution in [0.3, 0.4) is 0 Å². The topological polar surface area (TPSA) is 52.6 Å². The van der Waals surface area contributed by atoms with Gasteiger partial charge in [0.1, 0.15) is 11.3 Å². The fourth-order valence-corrected chi connectivity index (χ4v) is 2.75. The number of ketones is 1. The van der Waals surface area contributed by atoms with Gasteiger partial charge in [0.15, 0.2) is 5.60 Å². The summed E-state index contributed by atoms with van der Waals surface area (Å²) in [5, 5.41) is 0. The maximum absolute atomic E-state index is 12.4. The summed E-state index contributed by atoms with van der Waals surface area (Å²) in [5.74, 6) is -0.332. The summed E-state index contributed by atoms with van der Waals surface area (Å²) in [4.78, 5) is 23.9. The molecular weight excluding hydrogens is 220 g/mol. The Kier molecular flexibility index (Phi) is 3.22. The minimum absolute atomic E-state index is 0.106. The molecule has 1 aliphatic heterocycles. The normalized spacial score (nSPS) is 23.5. The number of carbonyl (C=O) groups is 2. The average molecular weight is 238 g/mol. The molecule has 1 heterocycles. The largest absolute Gasteiger partial charge is 0.483 e. The minimum atomic E-state index is -0.774. The molecule has 0 aromatic heterocycles. The molecule has 0 atom stereocenters. The quantitative estimate of drug-likeness (QED) is 0.518. The van der Waals surface area contributed by atoms with Gasteiger partial charge in [0, 0.05) is 0 Å². The third kappa shape index (κ3) is 1.96. The third-order valence-corrected chi connectivity index (χ3v) is 3.64. The molecule has 17 heavy (non-hydrogen) atoms. The Morgan fingerprint density at radius 1 is 1.24 bits per heavy atom. The predicted molar refractivity (Wildman–Crippen MR) is 61.2 cm³/mol. The van der Waals surface area contributed by atoms with Crippen LogP contribution < -0.4 is 0 Å². The first-order valence-electron chi connectivity index (χ1n) is 6.14. The van der Waals surface area contributed by atoms with Crippen LogP contribution in [0.2, 0.25) is 0 Å². The van der Waals surface area contributed by atoms with Gasteiger partial charge >= 0.3 is 5.97 Å². The molecular formula is C13H18O4. The van der Waals surface area contributed by atoms with Crippen molar-refractivity contribution in [1.82, 2.24) is 0 Å². The molecule has 94 valence electrons. The number of hydrogen-bond donors (Lipinski definition) is 0. The summed E-state index contributed by atoms with van der Waals surface area (Å²) in [6.45, 7) is 1.67. The van der Waals surface area contributed by atoms with Crippen molar-refractivity contribution in [3.05, 3.63) is 11.3 Å². The number of Topliss-reactive ketones (excluding diaryl/α,β-unsaturated/α-hetero) is 1. The maximum atomic E-state index is 12.4. The number of ether oxygens (including phenoxy) is 2. The Hall–Kier alpha value is -1.32. The number of carbonyl (C=O) groups excluding carboxylic acids is 2. The summed E-state index contributed by atoms with van der Waals surface area (Å²) >= 11 is 0. The van der Waals surface area contributed by atoms with Crippen LogP contribution in [0.4, 0.5) is 0 Å². The van der Waals surface area contributed by atoms with Crippen LogP contribution in [-0.4, -0.2) is 24.5 Å². The van der Waals surface area contributed by atoms with Crippen LogP contribution in [0.1, 0.15) is 45.4 Å². The molecule has 1 fully saturated rings. The lowest BCUT2D eigenvalue weighted by atomic mass is 9.87. The highest BCUT2D eigenvalue weighted by Gasteiger charge is 2.50. The maximum Gasteiger partial charge on any atom is 0.345 e. The van der Waals surface area contributed by atoms with E-state index in [2.05, 4.69) is 4.74 Å². The van der Waals surface area contributed by atoms with Gasteiger partial charge in [-0.15, -0.1) is 0 Å². The van der Waals surface area contributed by atoms with Crippen LogP contribution >= 0.6 is 0 Å². The first kappa shape index (κ1) is 12.1. The lowest BCUT2D eigenvalue weighted by Gasteiger charge is -2.26. The molecule has 0 saturated heterocycles. The SMILES string of the molecule is COC(=O)C1=C(C)OC2(CCCCCC2)C1=O. The Labute approximate surface area is 101 Å². The Morgan fingerprint density at radius 2 is 1.82 bits per heavy atom. The molecule has 0 N–H and O–H groups in total. The number of rotatable bonds is 1. The second kappa shape index (κ2) is 4.51. The van der Waals surface area contributed by atoms with Crippen molar-refractivity contribution in [2.45, 2.75) is 51.0 Å². The van der Waals surface area contributed by atoms with E-state index in [0.29, 0.717) is 18.6 Å². The molecule has 2 rings (SSSR count). The lowest BCUT2D eigenvalue weighted by molar-refractivity contribution is -0.140. The van der Waals surface area contributed by atoms with Crippen LogP contribution in [0.5, 0.6) is 0 Å². The molecule has 0 aromatic rings. The van der Waals surface area contributed by atoms with Gasteiger partial charge in [-0.05, 0) is 32.6 Å². The standard InChI is InChI=1S/C13H18O4/c1-9-10(12(15)16-2)11(14)13(17-9)7-5-3-4-6-8-13/h3-8H2,1-2H3. The molecule has 0 unspecified atom stereocenters.